The Kier molecular flexibility index (Phi) is 4.39. The van der Waals surface area contributed by atoms with Gasteiger partial charge in [-0.1, -0.05) is 13.8 Å². The van der Waals surface area contributed by atoms with Crippen LogP contribution >= 0.6 is 0 Å². The van der Waals surface area contributed by atoms with Crippen LogP contribution in [-0.2, 0) is 9.53 Å². The van der Waals surface area contributed by atoms with Crippen molar-refractivity contribution in [2.24, 2.45) is 17.8 Å². The van der Waals surface area contributed by atoms with E-state index in [0.29, 0.717) is 12.5 Å². The lowest BCUT2D eigenvalue weighted by Gasteiger charge is -2.28. The molecule has 0 aliphatic carbocycles. The van der Waals surface area contributed by atoms with Crippen LogP contribution in [0.15, 0.2) is 0 Å². The van der Waals surface area contributed by atoms with Gasteiger partial charge in [-0.3, -0.25) is 4.79 Å². The van der Waals surface area contributed by atoms with E-state index in [1.165, 1.54) is 0 Å². The second kappa shape index (κ2) is 5.35. The smallest absolute Gasteiger partial charge is 0.306 e. The third-order valence-electron chi connectivity index (χ3n) is 2.81. The summed E-state index contributed by atoms with van der Waals surface area (Å²) in [6.45, 7) is 5.56. The quantitative estimate of drug-likeness (QED) is 0.756. The highest BCUT2D eigenvalue weighted by molar-refractivity contribution is 5.70. The van der Waals surface area contributed by atoms with E-state index < -0.39 is 5.97 Å². The van der Waals surface area contributed by atoms with Crippen LogP contribution in [0.2, 0.25) is 0 Å². The van der Waals surface area contributed by atoms with Crippen LogP contribution in [0.25, 0.3) is 0 Å². The van der Waals surface area contributed by atoms with E-state index in [0.717, 1.165) is 25.9 Å². The molecule has 1 saturated heterocycles. The Labute approximate surface area is 85.5 Å². The predicted octanol–water partition coefficient (Wildman–Crippen LogP) is 2.16. The maximum absolute atomic E-state index is 11.1. The van der Waals surface area contributed by atoms with Crippen LogP contribution in [0.3, 0.4) is 0 Å². The molecule has 0 radical (unpaired) electrons. The summed E-state index contributed by atoms with van der Waals surface area (Å²) in [7, 11) is 0. The fourth-order valence-corrected chi connectivity index (χ4v) is 2.09. The highest BCUT2D eigenvalue weighted by atomic mass is 16.5. The van der Waals surface area contributed by atoms with Gasteiger partial charge in [-0.2, -0.15) is 0 Å². The molecule has 1 fully saturated rings. The van der Waals surface area contributed by atoms with Gasteiger partial charge < -0.3 is 9.84 Å². The molecule has 2 unspecified atom stereocenters. The van der Waals surface area contributed by atoms with Gasteiger partial charge in [0.15, 0.2) is 0 Å². The van der Waals surface area contributed by atoms with Crippen LogP contribution in [0.4, 0.5) is 0 Å². The molecule has 1 rings (SSSR count). The average molecular weight is 200 g/mol. The Morgan fingerprint density at radius 3 is 2.71 bits per heavy atom. The lowest BCUT2D eigenvalue weighted by Crippen LogP contribution is -2.31. The molecule has 0 aromatic rings. The van der Waals surface area contributed by atoms with Crippen molar-refractivity contribution in [1.29, 1.82) is 0 Å². The minimum absolute atomic E-state index is 0.213. The molecule has 0 spiro atoms. The van der Waals surface area contributed by atoms with E-state index in [-0.39, 0.29) is 11.8 Å². The summed E-state index contributed by atoms with van der Waals surface area (Å²) in [6, 6.07) is 0. The molecule has 14 heavy (non-hydrogen) atoms. The van der Waals surface area contributed by atoms with E-state index in [2.05, 4.69) is 13.8 Å². The molecule has 82 valence electrons. The van der Waals surface area contributed by atoms with Gasteiger partial charge in [0.05, 0.1) is 12.5 Å². The van der Waals surface area contributed by atoms with E-state index in [1.54, 1.807) is 0 Å². The monoisotopic (exact) mass is 200 g/mol. The van der Waals surface area contributed by atoms with Crippen molar-refractivity contribution < 1.29 is 14.6 Å². The second-order valence-corrected chi connectivity index (χ2v) is 4.55. The maximum Gasteiger partial charge on any atom is 0.306 e. The van der Waals surface area contributed by atoms with Crippen molar-refractivity contribution in [2.45, 2.75) is 33.1 Å². The number of hydrogen-bond acceptors (Lipinski definition) is 2. The van der Waals surface area contributed by atoms with Gasteiger partial charge in [-0.25, -0.2) is 0 Å². The van der Waals surface area contributed by atoms with Crippen molar-refractivity contribution in [3.8, 4) is 0 Å². The molecule has 2 atom stereocenters. The van der Waals surface area contributed by atoms with Crippen molar-refractivity contribution in [3.05, 3.63) is 0 Å². The molecule has 1 heterocycles. The van der Waals surface area contributed by atoms with Gasteiger partial charge in [-0.15, -0.1) is 0 Å². The zero-order valence-corrected chi connectivity index (χ0v) is 9.03. The van der Waals surface area contributed by atoms with Gasteiger partial charge in [0.2, 0.25) is 0 Å². The molecule has 1 aliphatic rings. The summed E-state index contributed by atoms with van der Waals surface area (Å²) >= 11 is 0. The van der Waals surface area contributed by atoms with Crippen molar-refractivity contribution in [1.82, 2.24) is 0 Å². The van der Waals surface area contributed by atoms with Gasteiger partial charge in [0.25, 0.3) is 0 Å². The van der Waals surface area contributed by atoms with Gasteiger partial charge >= 0.3 is 5.97 Å². The summed E-state index contributed by atoms with van der Waals surface area (Å²) < 4.78 is 5.33. The summed E-state index contributed by atoms with van der Waals surface area (Å²) in [5, 5.41) is 9.12. The van der Waals surface area contributed by atoms with E-state index in [1.807, 2.05) is 0 Å². The normalized spacial score (nSPS) is 24.9. The molecule has 1 aliphatic heterocycles. The summed E-state index contributed by atoms with van der Waals surface area (Å²) in [5.74, 6) is -0.203. The molecule has 0 saturated carbocycles. The van der Waals surface area contributed by atoms with Crippen LogP contribution in [0.1, 0.15) is 33.1 Å². The van der Waals surface area contributed by atoms with Crippen LogP contribution in [0, 0.1) is 17.8 Å². The van der Waals surface area contributed by atoms with Gasteiger partial charge in [-0.05, 0) is 31.1 Å². The Morgan fingerprint density at radius 1 is 1.57 bits per heavy atom. The Balaban J connectivity index is 2.51. The SMILES string of the molecule is CC(C)CC(C(=O)O)C1CCCOC1. The lowest BCUT2D eigenvalue weighted by molar-refractivity contribution is -0.146. The van der Waals surface area contributed by atoms with E-state index in [4.69, 9.17) is 9.84 Å². The second-order valence-electron chi connectivity index (χ2n) is 4.55. The lowest BCUT2D eigenvalue weighted by atomic mass is 9.82. The number of aliphatic carboxylic acids is 1. The van der Waals surface area contributed by atoms with Gasteiger partial charge in [0.1, 0.15) is 0 Å². The molecule has 3 nitrogen and oxygen atoms in total. The molecule has 1 N–H and O–H groups in total. The van der Waals surface area contributed by atoms with E-state index in [9.17, 15) is 4.79 Å². The van der Waals surface area contributed by atoms with Crippen molar-refractivity contribution in [2.75, 3.05) is 13.2 Å². The molecule has 0 aromatic heterocycles. The Hall–Kier alpha value is -0.570. The number of carbonyl (C=O) groups is 1. The maximum atomic E-state index is 11.1. The van der Waals surface area contributed by atoms with Crippen LogP contribution in [0.5, 0.6) is 0 Å². The Bertz CT molecular complexity index is 183. The fraction of sp³-hybridized carbons (Fsp3) is 0.909. The first-order chi connectivity index (χ1) is 6.61. The zero-order valence-electron chi connectivity index (χ0n) is 9.03. The minimum Gasteiger partial charge on any atom is -0.481 e. The molecule has 3 heteroatoms. The number of carboxylic acids is 1. The topological polar surface area (TPSA) is 46.5 Å². The predicted molar refractivity (Wildman–Crippen MR) is 54.1 cm³/mol. The third kappa shape index (κ3) is 3.29. The van der Waals surface area contributed by atoms with Crippen LogP contribution < -0.4 is 0 Å². The van der Waals surface area contributed by atoms with Crippen LogP contribution in [-0.4, -0.2) is 24.3 Å². The van der Waals surface area contributed by atoms with Gasteiger partial charge in [0, 0.05) is 6.61 Å². The average Bonchev–Trinajstić information content (AvgIpc) is 2.15. The van der Waals surface area contributed by atoms with E-state index >= 15 is 0 Å². The third-order valence-corrected chi connectivity index (χ3v) is 2.81. The number of carboxylic acid groups (broad SMARTS) is 1. The molecular weight excluding hydrogens is 180 g/mol. The summed E-state index contributed by atoms with van der Waals surface area (Å²) in [5.41, 5.74) is 0. The minimum atomic E-state index is -0.658. The summed E-state index contributed by atoms with van der Waals surface area (Å²) in [4.78, 5) is 11.1. The summed E-state index contributed by atoms with van der Waals surface area (Å²) in [6.07, 6.45) is 2.78. The largest absolute Gasteiger partial charge is 0.481 e. The zero-order chi connectivity index (χ0) is 10.6. The highest BCUT2D eigenvalue weighted by Crippen LogP contribution is 2.27. The standard InChI is InChI=1S/C11H20O3/c1-8(2)6-10(11(12)13)9-4-3-5-14-7-9/h8-10H,3-7H2,1-2H3,(H,12,13). The first-order valence-corrected chi connectivity index (χ1v) is 5.41. The molecular formula is C11H20O3. The number of rotatable bonds is 4. The molecule has 0 bridgehead atoms. The molecule has 0 aromatic carbocycles. The van der Waals surface area contributed by atoms with Crippen molar-refractivity contribution in [3.63, 3.8) is 0 Å². The fourth-order valence-electron chi connectivity index (χ4n) is 2.09. The number of hydrogen-bond donors (Lipinski definition) is 1. The van der Waals surface area contributed by atoms with Crippen molar-refractivity contribution >= 4 is 5.97 Å². The Morgan fingerprint density at radius 2 is 2.29 bits per heavy atom. The number of ether oxygens (including phenoxy) is 1. The molecule has 0 amide bonds. The highest BCUT2D eigenvalue weighted by Gasteiger charge is 2.30. The first-order valence-electron chi connectivity index (χ1n) is 5.41. The first kappa shape index (κ1) is 11.5.